The van der Waals surface area contributed by atoms with E-state index < -0.39 is 0 Å². The number of nitrogens with one attached hydrogen (secondary N) is 3. The molecule has 0 bridgehead atoms. The molecule has 0 radical (unpaired) electrons. The summed E-state index contributed by atoms with van der Waals surface area (Å²) in [6, 6.07) is 19.1. The van der Waals surface area contributed by atoms with E-state index >= 15 is 0 Å². The van der Waals surface area contributed by atoms with Gasteiger partial charge in [-0.05, 0) is 73.8 Å². The van der Waals surface area contributed by atoms with Crippen molar-refractivity contribution in [1.82, 2.24) is 19.9 Å². The van der Waals surface area contributed by atoms with Crippen molar-refractivity contribution >= 4 is 28.0 Å². The molecule has 9 heteroatoms. The number of pyridine rings is 2. The van der Waals surface area contributed by atoms with E-state index in [-0.39, 0.29) is 5.82 Å². The molecule has 8 nitrogen and oxygen atoms in total. The average molecular weight is 536 g/mol. The first-order chi connectivity index (χ1) is 19.5. The number of nitrogens with zero attached hydrogens (tertiary/aromatic N) is 4. The molecule has 0 fully saturated rings. The number of halogens is 1. The van der Waals surface area contributed by atoms with Gasteiger partial charge in [0, 0.05) is 41.4 Å². The number of benzene rings is 2. The fourth-order valence-corrected chi connectivity index (χ4v) is 4.91. The number of anilines is 2. The predicted octanol–water partition coefficient (Wildman–Crippen LogP) is 5.63. The molecule has 2 aromatic carbocycles. The fraction of sp³-hybridized carbons (Fsp3) is 0.194. The van der Waals surface area contributed by atoms with Crippen molar-refractivity contribution in [2.24, 2.45) is 4.99 Å². The number of ether oxygens (including phenoxy) is 1. The highest BCUT2D eigenvalue weighted by Gasteiger charge is 2.21. The van der Waals surface area contributed by atoms with E-state index in [9.17, 15) is 4.39 Å². The van der Waals surface area contributed by atoms with Crippen LogP contribution in [0.1, 0.15) is 11.4 Å². The second kappa shape index (κ2) is 10.8. The Morgan fingerprint density at radius 1 is 1.02 bits per heavy atom. The van der Waals surface area contributed by atoms with E-state index in [1.165, 1.54) is 6.07 Å². The number of aliphatic imine (C=N–C) groups is 1. The Kier molecular flexibility index (Phi) is 6.88. The summed E-state index contributed by atoms with van der Waals surface area (Å²) in [5, 5.41) is 7.63. The number of fused-ring (bicyclic) bond motifs is 2. The molecule has 1 aliphatic rings. The van der Waals surface area contributed by atoms with E-state index in [2.05, 4.69) is 31.6 Å². The Morgan fingerprint density at radius 3 is 2.77 bits per heavy atom. The number of hydrogen-bond donors (Lipinski definition) is 3. The van der Waals surface area contributed by atoms with Crippen molar-refractivity contribution < 1.29 is 9.13 Å². The third kappa shape index (κ3) is 5.11. The van der Waals surface area contributed by atoms with Gasteiger partial charge in [0.05, 0.1) is 30.4 Å². The maximum absolute atomic E-state index is 14.7. The van der Waals surface area contributed by atoms with Crippen LogP contribution in [-0.4, -0.2) is 66.5 Å². The number of likely N-dealkylation sites (N-methyl/N-ethyl adjacent to an activating group) is 1. The molecule has 5 aromatic rings. The maximum Gasteiger partial charge on any atom is 0.137 e. The quantitative estimate of drug-likeness (QED) is 0.239. The van der Waals surface area contributed by atoms with Gasteiger partial charge in [-0.15, -0.1) is 0 Å². The van der Waals surface area contributed by atoms with E-state index in [1.54, 1.807) is 25.6 Å². The summed E-state index contributed by atoms with van der Waals surface area (Å²) >= 11 is 0. The largest absolute Gasteiger partial charge is 0.495 e. The normalized spacial score (nSPS) is 12.7. The molecule has 0 saturated carbocycles. The van der Waals surface area contributed by atoms with Crippen molar-refractivity contribution in [1.29, 1.82) is 0 Å². The minimum Gasteiger partial charge on any atom is -0.495 e. The second-order valence-corrected chi connectivity index (χ2v) is 9.96. The predicted molar refractivity (Wildman–Crippen MR) is 159 cm³/mol. The molecule has 0 saturated heterocycles. The van der Waals surface area contributed by atoms with Crippen LogP contribution in [0.15, 0.2) is 78.0 Å². The molecule has 3 aromatic heterocycles. The highest BCUT2D eigenvalue weighted by molar-refractivity contribution is 6.17. The van der Waals surface area contributed by atoms with Gasteiger partial charge in [0.1, 0.15) is 29.6 Å². The van der Waals surface area contributed by atoms with Crippen molar-refractivity contribution in [3.05, 3.63) is 90.3 Å². The van der Waals surface area contributed by atoms with E-state index in [0.29, 0.717) is 12.4 Å². The Morgan fingerprint density at radius 2 is 1.93 bits per heavy atom. The van der Waals surface area contributed by atoms with Crippen LogP contribution in [-0.2, 0) is 0 Å². The number of H-pyrrole nitrogens is 1. The molecule has 0 aliphatic carbocycles. The summed E-state index contributed by atoms with van der Waals surface area (Å²) in [4.78, 5) is 19.6. The smallest absolute Gasteiger partial charge is 0.137 e. The number of hydrogen-bond acceptors (Lipinski definition) is 7. The van der Waals surface area contributed by atoms with Gasteiger partial charge in [-0.3, -0.25) is 9.98 Å². The molecule has 6 rings (SSSR count). The molecular formula is C31H30FN7O. The molecule has 0 unspecified atom stereocenters. The first-order valence-electron chi connectivity index (χ1n) is 13.1. The standard InChI is InChI=1S/C31H30FN7O/c1-39(2)10-9-34-22-12-19(11-21(32)14-22)24-5-4-6-27-25(24)15-29(37-27)30-31-28(35-18-36-30)8-7-26(38-31)20-13-23(40-3)17-33-16-20/h4-8,11-17,34-35,37H,9-10,18H2,1-3H3. The van der Waals surface area contributed by atoms with Crippen LogP contribution >= 0.6 is 0 Å². The van der Waals surface area contributed by atoms with Gasteiger partial charge in [0.2, 0.25) is 0 Å². The fourth-order valence-electron chi connectivity index (χ4n) is 4.91. The lowest BCUT2D eigenvalue weighted by Gasteiger charge is -2.18. The zero-order chi connectivity index (χ0) is 27.6. The highest BCUT2D eigenvalue weighted by atomic mass is 19.1. The number of rotatable bonds is 8. The van der Waals surface area contributed by atoms with Crippen LogP contribution in [0.3, 0.4) is 0 Å². The second-order valence-electron chi connectivity index (χ2n) is 9.96. The summed E-state index contributed by atoms with van der Waals surface area (Å²) in [6.07, 6.45) is 3.43. The van der Waals surface area contributed by atoms with Gasteiger partial charge in [-0.1, -0.05) is 12.1 Å². The van der Waals surface area contributed by atoms with E-state index in [4.69, 9.17) is 14.7 Å². The van der Waals surface area contributed by atoms with Gasteiger partial charge in [-0.25, -0.2) is 9.37 Å². The summed E-state index contributed by atoms with van der Waals surface area (Å²) in [5.41, 5.74) is 8.33. The topological polar surface area (TPSA) is 90.5 Å². The SMILES string of the molecule is COc1cncc(-c2ccc3c(n2)C(c2cc4c(-c5cc(F)cc(NCCN(C)C)c5)cccc4[nH]2)=NCN3)c1. The summed E-state index contributed by atoms with van der Waals surface area (Å²) in [5.74, 6) is 0.388. The first-order valence-corrected chi connectivity index (χ1v) is 13.1. The van der Waals surface area contributed by atoms with E-state index in [0.717, 1.165) is 74.9 Å². The lowest BCUT2D eigenvalue weighted by atomic mass is 10.0. The molecule has 3 N–H and O–H groups in total. The highest BCUT2D eigenvalue weighted by Crippen LogP contribution is 2.33. The number of aromatic nitrogens is 3. The van der Waals surface area contributed by atoms with Crippen LogP contribution in [0, 0.1) is 5.82 Å². The summed E-state index contributed by atoms with van der Waals surface area (Å²) < 4.78 is 20.0. The number of aromatic amines is 1. The molecule has 0 amide bonds. The molecule has 1 aliphatic heterocycles. The van der Waals surface area contributed by atoms with Crippen molar-refractivity contribution in [3.63, 3.8) is 0 Å². The Hall–Kier alpha value is -4.76. The zero-order valence-electron chi connectivity index (χ0n) is 22.6. The molecule has 40 heavy (non-hydrogen) atoms. The Bertz CT molecular complexity index is 1730. The first kappa shape index (κ1) is 25.5. The monoisotopic (exact) mass is 535 g/mol. The van der Waals surface area contributed by atoms with E-state index in [1.807, 2.05) is 56.6 Å². The van der Waals surface area contributed by atoms with Crippen LogP contribution in [0.2, 0.25) is 0 Å². The van der Waals surface area contributed by atoms with Crippen molar-refractivity contribution in [2.75, 3.05) is 51.6 Å². The van der Waals surface area contributed by atoms with Crippen molar-refractivity contribution in [2.45, 2.75) is 0 Å². The van der Waals surface area contributed by atoms with Gasteiger partial charge < -0.3 is 25.3 Å². The third-order valence-corrected chi connectivity index (χ3v) is 6.89. The third-order valence-electron chi connectivity index (χ3n) is 6.89. The summed E-state index contributed by atoms with van der Waals surface area (Å²) in [6.45, 7) is 2.02. The van der Waals surface area contributed by atoms with Crippen LogP contribution in [0.5, 0.6) is 5.75 Å². The molecule has 4 heterocycles. The van der Waals surface area contributed by atoms with Crippen LogP contribution in [0.25, 0.3) is 33.3 Å². The van der Waals surface area contributed by atoms with Crippen LogP contribution in [0.4, 0.5) is 15.8 Å². The van der Waals surface area contributed by atoms with Gasteiger partial charge >= 0.3 is 0 Å². The average Bonchev–Trinajstić information content (AvgIpc) is 3.40. The number of methoxy groups -OCH3 is 1. The molecular weight excluding hydrogens is 505 g/mol. The Labute approximate surface area is 232 Å². The van der Waals surface area contributed by atoms with Gasteiger partial charge in [-0.2, -0.15) is 0 Å². The lowest BCUT2D eigenvalue weighted by Crippen LogP contribution is -2.20. The zero-order valence-corrected chi connectivity index (χ0v) is 22.6. The maximum atomic E-state index is 14.7. The summed E-state index contributed by atoms with van der Waals surface area (Å²) in [7, 11) is 5.65. The molecule has 0 spiro atoms. The molecule has 0 atom stereocenters. The Balaban J connectivity index is 1.38. The molecule has 202 valence electrons. The van der Waals surface area contributed by atoms with Gasteiger partial charge in [0.25, 0.3) is 0 Å². The minimum atomic E-state index is -0.280. The van der Waals surface area contributed by atoms with Gasteiger partial charge in [0.15, 0.2) is 0 Å². The minimum absolute atomic E-state index is 0.280. The van der Waals surface area contributed by atoms with Crippen molar-refractivity contribution in [3.8, 4) is 28.1 Å². The lowest BCUT2D eigenvalue weighted by molar-refractivity contribution is 0.413. The van der Waals surface area contributed by atoms with Crippen LogP contribution < -0.4 is 15.4 Å².